The van der Waals surface area contributed by atoms with Crippen LogP contribution in [-0.4, -0.2) is 36.7 Å². The molecule has 1 aliphatic carbocycles. The maximum Gasteiger partial charge on any atom is 0.325 e. The van der Waals surface area contributed by atoms with Crippen LogP contribution >= 0.6 is 23.2 Å². The second-order valence-corrected chi connectivity index (χ2v) is 10.1. The Morgan fingerprint density at radius 1 is 1.11 bits per heavy atom. The lowest BCUT2D eigenvalue weighted by Gasteiger charge is -2.36. The van der Waals surface area contributed by atoms with Crippen LogP contribution in [0.2, 0.25) is 10.0 Å². The molecule has 1 atom stereocenters. The topological polar surface area (TPSA) is 105 Å². The lowest BCUT2D eigenvalue weighted by molar-refractivity contribution is -0.141. The molecule has 5 rings (SSSR count). The largest absolute Gasteiger partial charge is 0.465 e. The average molecular weight is 528 g/mol. The minimum Gasteiger partial charge on any atom is -0.465 e. The van der Waals surface area contributed by atoms with Gasteiger partial charge in [0.25, 0.3) is 11.8 Å². The number of benzene rings is 2. The van der Waals surface area contributed by atoms with Gasteiger partial charge in [0, 0.05) is 32.4 Å². The van der Waals surface area contributed by atoms with Crippen molar-refractivity contribution in [1.29, 1.82) is 0 Å². The van der Waals surface area contributed by atoms with Crippen molar-refractivity contribution in [2.45, 2.75) is 32.2 Å². The average Bonchev–Trinajstić information content (AvgIpc) is 3.44. The molecular weight excluding hydrogens is 505 g/mol. The van der Waals surface area contributed by atoms with Gasteiger partial charge in [-0.2, -0.15) is 0 Å². The molecule has 2 aromatic rings. The van der Waals surface area contributed by atoms with E-state index in [2.05, 4.69) is 10.6 Å². The Morgan fingerprint density at radius 3 is 2.50 bits per heavy atom. The number of carbonyl (C=O) groups excluding carboxylic acids is 4. The van der Waals surface area contributed by atoms with E-state index in [1.54, 1.807) is 56.3 Å². The van der Waals surface area contributed by atoms with Crippen LogP contribution in [0.5, 0.6) is 0 Å². The Bertz CT molecular complexity index is 1370. The summed E-state index contributed by atoms with van der Waals surface area (Å²) in [5.41, 5.74) is -1.53. The van der Waals surface area contributed by atoms with E-state index >= 15 is 0 Å². The number of ether oxygens (including phenoxy) is 1. The van der Waals surface area contributed by atoms with Crippen molar-refractivity contribution in [2.24, 2.45) is 5.41 Å². The standard InChI is InChI=1S/C26H23Cl2N3O5/c1-3-36-19(32)13-29-21-20(22(33)25(2)9-10-25)26(17-8-7-15(28)12-18(17)30-24(26)35)31(23(21)34)16-6-4-5-14(27)11-16/h4-8,11-12,29H,3,9-10,13H2,1-2H3,(H,30,35). The number of Topliss-reactive ketones (excluding diaryl/α,β-unsaturated/α-hetero) is 1. The van der Waals surface area contributed by atoms with Gasteiger partial charge < -0.3 is 15.4 Å². The highest BCUT2D eigenvalue weighted by Gasteiger charge is 2.66. The van der Waals surface area contributed by atoms with Crippen molar-refractivity contribution in [3.8, 4) is 0 Å². The van der Waals surface area contributed by atoms with Crippen molar-refractivity contribution in [2.75, 3.05) is 23.4 Å². The third-order valence-corrected chi connectivity index (χ3v) is 7.34. The van der Waals surface area contributed by atoms with Gasteiger partial charge in [0.2, 0.25) is 0 Å². The van der Waals surface area contributed by atoms with Gasteiger partial charge in [0.05, 0.1) is 12.2 Å². The number of amides is 2. The first-order valence-electron chi connectivity index (χ1n) is 11.5. The molecule has 1 saturated carbocycles. The van der Waals surface area contributed by atoms with E-state index in [1.807, 2.05) is 0 Å². The molecule has 0 radical (unpaired) electrons. The van der Waals surface area contributed by atoms with Gasteiger partial charge in [-0.1, -0.05) is 42.3 Å². The molecular formula is C26H23Cl2N3O5. The summed E-state index contributed by atoms with van der Waals surface area (Å²) < 4.78 is 5.00. The van der Waals surface area contributed by atoms with E-state index in [0.717, 1.165) is 0 Å². The maximum absolute atomic E-state index is 14.1. The molecule has 186 valence electrons. The van der Waals surface area contributed by atoms with Crippen LogP contribution in [0.15, 0.2) is 53.7 Å². The number of fused-ring (bicyclic) bond motifs is 2. The molecule has 10 heteroatoms. The summed E-state index contributed by atoms with van der Waals surface area (Å²) in [5, 5.41) is 6.37. The minimum atomic E-state index is -1.82. The summed E-state index contributed by atoms with van der Waals surface area (Å²) >= 11 is 12.5. The summed E-state index contributed by atoms with van der Waals surface area (Å²) in [4.78, 5) is 55.5. The summed E-state index contributed by atoms with van der Waals surface area (Å²) in [6.45, 7) is 3.28. The molecule has 3 aliphatic rings. The molecule has 1 fully saturated rings. The van der Waals surface area contributed by atoms with Crippen LogP contribution < -0.4 is 15.5 Å². The molecule has 0 saturated heterocycles. The fourth-order valence-electron chi connectivity index (χ4n) is 4.86. The quantitative estimate of drug-likeness (QED) is 0.528. The van der Waals surface area contributed by atoms with Crippen LogP contribution in [-0.2, 0) is 29.5 Å². The first-order valence-corrected chi connectivity index (χ1v) is 12.3. The van der Waals surface area contributed by atoms with E-state index in [9.17, 15) is 19.2 Å². The number of nitrogens with one attached hydrogen (secondary N) is 2. The minimum absolute atomic E-state index is 0.00431. The van der Waals surface area contributed by atoms with Gasteiger partial charge in [-0.15, -0.1) is 0 Å². The van der Waals surface area contributed by atoms with Gasteiger partial charge in [-0.25, -0.2) is 0 Å². The first kappa shape index (κ1) is 24.3. The van der Waals surface area contributed by atoms with Crippen LogP contribution in [0.25, 0.3) is 0 Å². The van der Waals surface area contributed by atoms with E-state index in [4.69, 9.17) is 27.9 Å². The third-order valence-electron chi connectivity index (χ3n) is 6.87. The molecule has 1 spiro atoms. The van der Waals surface area contributed by atoms with Gasteiger partial charge in [0.1, 0.15) is 12.2 Å². The zero-order chi connectivity index (χ0) is 25.8. The van der Waals surface area contributed by atoms with E-state index in [-0.39, 0.29) is 30.2 Å². The Morgan fingerprint density at radius 2 is 1.83 bits per heavy atom. The van der Waals surface area contributed by atoms with E-state index in [0.29, 0.717) is 39.8 Å². The fourth-order valence-corrected chi connectivity index (χ4v) is 5.22. The predicted octanol–water partition coefficient (Wildman–Crippen LogP) is 3.96. The zero-order valence-electron chi connectivity index (χ0n) is 19.6. The highest BCUT2D eigenvalue weighted by Crippen LogP contribution is 2.57. The number of halogens is 2. The van der Waals surface area contributed by atoms with Crippen molar-refractivity contribution < 1.29 is 23.9 Å². The lowest BCUT2D eigenvalue weighted by Crippen LogP contribution is -2.52. The first-order chi connectivity index (χ1) is 17.1. The molecule has 2 aromatic carbocycles. The van der Waals surface area contributed by atoms with Gasteiger partial charge >= 0.3 is 5.97 Å². The number of ketones is 1. The third kappa shape index (κ3) is 3.59. The molecule has 2 N–H and O–H groups in total. The second-order valence-electron chi connectivity index (χ2n) is 9.27. The number of hydrogen-bond acceptors (Lipinski definition) is 6. The monoisotopic (exact) mass is 527 g/mol. The van der Waals surface area contributed by atoms with Crippen LogP contribution in [0.3, 0.4) is 0 Å². The van der Waals surface area contributed by atoms with E-state index in [1.165, 1.54) is 4.90 Å². The van der Waals surface area contributed by atoms with Crippen molar-refractivity contribution in [1.82, 2.24) is 5.32 Å². The smallest absolute Gasteiger partial charge is 0.325 e. The molecule has 0 bridgehead atoms. The van der Waals surface area contributed by atoms with Crippen LogP contribution in [0.1, 0.15) is 32.3 Å². The van der Waals surface area contributed by atoms with Gasteiger partial charge in [0.15, 0.2) is 11.3 Å². The summed E-state index contributed by atoms with van der Waals surface area (Å²) in [6.07, 6.45) is 1.24. The van der Waals surface area contributed by atoms with Crippen LogP contribution in [0, 0.1) is 5.41 Å². The zero-order valence-corrected chi connectivity index (χ0v) is 21.1. The van der Waals surface area contributed by atoms with Gasteiger partial charge in [-0.05, 0) is 50.1 Å². The molecule has 1 unspecified atom stereocenters. The number of nitrogens with zero attached hydrogens (tertiary/aromatic N) is 1. The van der Waals surface area contributed by atoms with Crippen molar-refractivity contribution >= 4 is 58.1 Å². The number of hydrogen-bond donors (Lipinski definition) is 2. The number of esters is 1. The molecule has 36 heavy (non-hydrogen) atoms. The van der Waals surface area contributed by atoms with Crippen molar-refractivity contribution in [3.05, 3.63) is 69.3 Å². The Balaban J connectivity index is 1.78. The number of rotatable bonds is 7. The fraction of sp³-hybridized carbons (Fsp3) is 0.308. The summed E-state index contributed by atoms with van der Waals surface area (Å²) in [5.74, 6) is -2.13. The summed E-state index contributed by atoms with van der Waals surface area (Å²) in [6, 6.07) is 11.3. The Hall–Kier alpha value is -3.36. The molecule has 0 aromatic heterocycles. The maximum atomic E-state index is 14.1. The SMILES string of the molecule is CCOC(=O)CNC1=C(C(=O)C2(C)CC2)C2(C(=O)Nc3cc(Cl)ccc32)N(c2cccc(Cl)c2)C1=O. The molecule has 2 aliphatic heterocycles. The Labute approximate surface area is 217 Å². The van der Waals surface area contributed by atoms with Gasteiger partial charge in [-0.3, -0.25) is 24.1 Å². The molecule has 8 nitrogen and oxygen atoms in total. The second kappa shape index (κ2) is 8.64. The highest BCUT2D eigenvalue weighted by atomic mass is 35.5. The Kier molecular flexibility index (Phi) is 5.84. The van der Waals surface area contributed by atoms with Crippen molar-refractivity contribution in [3.63, 3.8) is 0 Å². The molecule has 2 amide bonds. The van der Waals surface area contributed by atoms with Crippen LogP contribution in [0.4, 0.5) is 11.4 Å². The summed E-state index contributed by atoms with van der Waals surface area (Å²) in [7, 11) is 0. The molecule has 2 heterocycles. The number of anilines is 2. The van der Waals surface area contributed by atoms with E-state index < -0.39 is 28.7 Å². The predicted molar refractivity (Wildman–Crippen MR) is 135 cm³/mol. The normalized spacial score (nSPS) is 21.5. The lowest BCUT2D eigenvalue weighted by atomic mass is 9.77. The number of carbonyl (C=O) groups is 4. The highest BCUT2D eigenvalue weighted by molar-refractivity contribution is 6.33.